The zero-order valence-electron chi connectivity index (χ0n) is 6.29. The van der Waals surface area contributed by atoms with Crippen molar-refractivity contribution in [1.29, 1.82) is 5.26 Å². The maximum atomic E-state index is 10.3. The Kier molecular flexibility index (Phi) is 1.19. The van der Waals surface area contributed by atoms with E-state index in [4.69, 9.17) is 5.26 Å². The molecule has 1 saturated carbocycles. The number of nitrogens with zero attached hydrogens (tertiary/aromatic N) is 2. The van der Waals surface area contributed by atoms with E-state index in [1.54, 1.807) is 4.90 Å². The first kappa shape index (κ1) is 6.66. The van der Waals surface area contributed by atoms with Crippen LogP contribution in [-0.4, -0.2) is 24.3 Å². The molecule has 2 aliphatic rings. The molecule has 3 heteroatoms. The Bertz CT molecular complexity index is 217. The van der Waals surface area contributed by atoms with E-state index in [2.05, 4.69) is 6.19 Å². The number of nitriles is 1. The Morgan fingerprint density at radius 3 is 2.64 bits per heavy atom. The third-order valence-electron chi connectivity index (χ3n) is 2.78. The van der Waals surface area contributed by atoms with Crippen LogP contribution < -0.4 is 0 Å². The van der Waals surface area contributed by atoms with Gasteiger partial charge in [0.25, 0.3) is 0 Å². The zero-order chi connectivity index (χ0) is 7.90. The molecular formula is C8H10N2O. The van der Waals surface area contributed by atoms with Crippen molar-refractivity contribution in [3.05, 3.63) is 0 Å². The molecule has 1 aliphatic carbocycles. The minimum absolute atomic E-state index is 0.288. The summed E-state index contributed by atoms with van der Waals surface area (Å²) in [5.41, 5.74) is 0.362. The molecule has 3 nitrogen and oxygen atoms in total. The summed E-state index contributed by atoms with van der Waals surface area (Å²) in [6, 6.07) is 0. The number of likely N-dealkylation sites (tertiary alicyclic amines) is 1. The maximum absolute atomic E-state index is 10.3. The minimum Gasteiger partial charge on any atom is -0.309 e. The molecule has 0 unspecified atom stereocenters. The summed E-state index contributed by atoms with van der Waals surface area (Å²) in [5.74, 6) is 0.288. The number of carbonyl (C=O) groups is 1. The third kappa shape index (κ3) is 0.823. The van der Waals surface area contributed by atoms with Crippen molar-refractivity contribution in [2.45, 2.75) is 12.8 Å². The van der Waals surface area contributed by atoms with Crippen molar-refractivity contribution >= 4 is 6.29 Å². The van der Waals surface area contributed by atoms with E-state index < -0.39 is 0 Å². The molecule has 0 amide bonds. The van der Waals surface area contributed by atoms with Gasteiger partial charge < -0.3 is 9.69 Å². The van der Waals surface area contributed by atoms with Crippen molar-refractivity contribution in [2.24, 2.45) is 11.3 Å². The second kappa shape index (κ2) is 1.97. The van der Waals surface area contributed by atoms with Gasteiger partial charge in [-0.1, -0.05) is 0 Å². The van der Waals surface area contributed by atoms with E-state index in [-0.39, 0.29) is 5.92 Å². The van der Waals surface area contributed by atoms with Crippen LogP contribution in [0, 0.1) is 22.8 Å². The van der Waals surface area contributed by atoms with Crippen LogP contribution in [0.2, 0.25) is 0 Å². The van der Waals surface area contributed by atoms with Crippen molar-refractivity contribution < 1.29 is 4.79 Å². The largest absolute Gasteiger partial charge is 0.309 e. The van der Waals surface area contributed by atoms with Crippen molar-refractivity contribution in [3.8, 4) is 6.19 Å². The lowest BCUT2D eigenvalue weighted by Gasteiger charge is -2.56. The van der Waals surface area contributed by atoms with E-state index >= 15 is 0 Å². The van der Waals surface area contributed by atoms with Gasteiger partial charge in [-0.3, -0.25) is 0 Å². The number of rotatable bonds is 1. The molecule has 1 saturated heterocycles. The Balaban J connectivity index is 1.84. The van der Waals surface area contributed by atoms with E-state index in [0.29, 0.717) is 5.41 Å². The summed E-state index contributed by atoms with van der Waals surface area (Å²) >= 11 is 0. The highest BCUT2D eigenvalue weighted by Gasteiger charge is 2.52. The SMILES string of the molecule is N#CN1CC2(CC(C=O)C2)C1. The fourth-order valence-corrected chi connectivity index (χ4v) is 2.24. The van der Waals surface area contributed by atoms with Crippen LogP contribution in [0.15, 0.2) is 0 Å². The highest BCUT2D eigenvalue weighted by Crippen LogP contribution is 2.50. The van der Waals surface area contributed by atoms with Gasteiger partial charge in [-0.25, -0.2) is 0 Å². The summed E-state index contributed by atoms with van der Waals surface area (Å²) in [5, 5.41) is 8.47. The first-order valence-corrected chi connectivity index (χ1v) is 3.88. The number of aldehydes is 1. The molecule has 1 aliphatic heterocycles. The zero-order valence-corrected chi connectivity index (χ0v) is 6.29. The molecule has 58 valence electrons. The van der Waals surface area contributed by atoms with Gasteiger partial charge in [0.1, 0.15) is 6.29 Å². The van der Waals surface area contributed by atoms with Gasteiger partial charge in [-0.05, 0) is 12.8 Å². The highest BCUT2D eigenvalue weighted by molar-refractivity contribution is 5.56. The van der Waals surface area contributed by atoms with Crippen LogP contribution in [0.3, 0.4) is 0 Å². The summed E-state index contributed by atoms with van der Waals surface area (Å²) in [4.78, 5) is 12.0. The van der Waals surface area contributed by atoms with Crippen LogP contribution >= 0.6 is 0 Å². The molecular weight excluding hydrogens is 140 g/mol. The second-order valence-corrected chi connectivity index (χ2v) is 3.76. The molecule has 2 rings (SSSR count). The monoisotopic (exact) mass is 150 g/mol. The number of hydrogen-bond donors (Lipinski definition) is 0. The van der Waals surface area contributed by atoms with Crippen LogP contribution in [-0.2, 0) is 4.79 Å². The van der Waals surface area contributed by atoms with E-state index in [0.717, 1.165) is 32.2 Å². The summed E-state index contributed by atoms with van der Waals surface area (Å²) in [6.07, 6.45) is 5.16. The van der Waals surface area contributed by atoms with Crippen molar-refractivity contribution in [1.82, 2.24) is 4.90 Å². The van der Waals surface area contributed by atoms with E-state index in [1.165, 1.54) is 0 Å². The molecule has 1 spiro atoms. The fraction of sp³-hybridized carbons (Fsp3) is 0.750. The number of hydrogen-bond acceptors (Lipinski definition) is 3. The third-order valence-corrected chi connectivity index (χ3v) is 2.78. The molecule has 0 N–H and O–H groups in total. The average Bonchev–Trinajstić information content (AvgIpc) is 1.83. The normalized spacial score (nSPS) is 27.0. The molecule has 0 aromatic rings. The Hall–Kier alpha value is -1.04. The van der Waals surface area contributed by atoms with Gasteiger partial charge in [-0.2, -0.15) is 5.26 Å². The van der Waals surface area contributed by atoms with Gasteiger partial charge in [0, 0.05) is 24.4 Å². The Labute approximate surface area is 65.6 Å². The van der Waals surface area contributed by atoms with Crippen molar-refractivity contribution in [3.63, 3.8) is 0 Å². The van der Waals surface area contributed by atoms with Gasteiger partial charge >= 0.3 is 0 Å². The van der Waals surface area contributed by atoms with Gasteiger partial charge in [0.05, 0.1) is 0 Å². The molecule has 0 aromatic carbocycles. The van der Waals surface area contributed by atoms with E-state index in [9.17, 15) is 4.79 Å². The maximum Gasteiger partial charge on any atom is 0.179 e. The first-order chi connectivity index (χ1) is 5.28. The lowest BCUT2D eigenvalue weighted by Crippen LogP contribution is -2.60. The summed E-state index contributed by atoms with van der Waals surface area (Å²) in [6.45, 7) is 1.77. The second-order valence-electron chi connectivity index (χ2n) is 3.76. The van der Waals surface area contributed by atoms with Crippen LogP contribution in [0.1, 0.15) is 12.8 Å². The molecule has 0 radical (unpaired) electrons. The average molecular weight is 150 g/mol. The predicted molar refractivity (Wildman–Crippen MR) is 38.4 cm³/mol. The molecule has 0 atom stereocenters. The Morgan fingerprint density at radius 1 is 1.55 bits per heavy atom. The van der Waals surface area contributed by atoms with Crippen LogP contribution in [0.25, 0.3) is 0 Å². The molecule has 11 heavy (non-hydrogen) atoms. The highest BCUT2D eigenvalue weighted by atomic mass is 16.1. The van der Waals surface area contributed by atoms with Crippen molar-refractivity contribution in [2.75, 3.05) is 13.1 Å². The molecule has 1 heterocycles. The summed E-state index contributed by atoms with van der Waals surface area (Å²) in [7, 11) is 0. The fourth-order valence-electron chi connectivity index (χ4n) is 2.24. The topological polar surface area (TPSA) is 44.1 Å². The van der Waals surface area contributed by atoms with Crippen LogP contribution in [0.4, 0.5) is 0 Å². The predicted octanol–water partition coefficient (Wildman–Crippen LogP) is 0.378. The standard InChI is InChI=1S/C8H10N2O/c9-6-10-4-8(5-10)1-7(2-8)3-11/h3,7H,1-2,4-5H2. The number of carbonyl (C=O) groups excluding carboxylic acids is 1. The minimum atomic E-state index is 0.288. The molecule has 0 aromatic heterocycles. The molecule has 2 fully saturated rings. The smallest absolute Gasteiger partial charge is 0.179 e. The summed E-state index contributed by atoms with van der Waals surface area (Å²) < 4.78 is 0. The quantitative estimate of drug-likeness (QED) is 0.401. The Morgan fingerprint density at radius 2 is 2.18 bits per heavy atom. The first-order valence-electron chi connectivity index (χ1n) is 3.88. The lowest BCUT2D eigenvalue weighted by molar-refractivity contribution is -0.125. The van der Waals surface area contributed by atoms with Gasteiger partial charge in [-0.15, -0.1) is 0 Å². The molecule has 0 bridgehead atoms. The van der Waals surface area contributed by atoms with Gasteiger partial charge in [0.2, 0.25) is 0 Å². The van der Waals surface area contributed by atoms with Crippen LogP contribution in [0.5, 0.6) is 0 Å². The van der Waals surface area contributed by atoms with Gasteiger partial charge in [0.15, 0.2) is 6.19 Å². The van der Waals surface area contributed by atoms with E-state index in [1.807, 2.05) is 0 Å². The lowest BCUT2D eigenvalue weighted by atomic mass is 9.58.